The Kier molecular flexibility index (Phi) is 6.99. The molecule has 1 atom stereocenters. The fourth-order valence-electron chi connectivity index (χ4n) is 4.75. The molecule has 4 aromatic rings. The van der Waals surface area contributed by atoms with Gasteiger partial charge >= 0.3 is 0 Å². The number of aliphatic hydroxyl groups excluding tert-OH is 1. The van der Waals surface area contributed by atoms with E-state index in [4.69, 9.17) is 9.72 Å². The lowest BCUT2D eigenvalue weighted by molar-refractivity contribution is 0.125. The van der Waals surface area contributed by atoms with Crippen molar-refractivity contribution in [3.8, 4) is 22.7 Å². The molecule has 1 unspecified atom stereocenters. The predicted molar refractivity (Wildman–Crippen MR) is 138 cm³/mol. The Labute approximate surface area is 207 Å². The van der Waals surface area contributed by atoms with Crippen LogP contribution in [0.2, 0.25) is 0 Å². The minimum Gasteiger partial charge on any atom is -0.497 e. The minimum atomic E-state index is -0.724. The Morgan fingerprint density at radius 1 is 1.11 bits per heavy atom. The third kappa shape index (κ3) is 5.03. The van der Waals surface area contributed by atoms with E-state index in [-0.39, 0.29) is 12.6 Å². The average Bonchev–Trinajstić information content (AvgIpc) is 3.48. The van der Waals surface area contributed by atoms with E-state index in [9.17, 15) is 9.32 Å². The van der Waals surface area contributed by atoms with Gasteiger partial charge in [-0.05, 0) is 54.8 Å². The van der Waals surface area contributed by atoms with E-state index in [0.29, 0.717) is 11.5 Å². The summed E-state index contributed by atoms with van der Waals surface area (Å²) in [5.74, 6) is 2.19. The zero-order chi connectivity index (χ0) is 24.4. The van der Waals surface area contributed by atoms with Crippen molar-refractivity contribution in [1.29, 1.82) is 0 Å². The first-order valence-electron chi connectivity index (χ1n) is 11.9. The highest BCUT2D eigenvalue weighted by Gasteiger charge is 2.23. The van der Waals surface area contributed by atoms with Gasteiger partial charge in [-0.15, -0.1) is 0 Å². The molecule has 1 aliphatic heterocycles. The highest BCUT2D eigenvalue weighted by atomic mass is 32.2. The van der Waals surface area contributed by atoms with Crippen molar-refractivity contribution in [2.24, 2.45) is 7.05 Å². The minimum absolute atomic E-state index is 0.0654. The van der Waals surface area contributed by atoms with Gasteiger partial charge in [0.2, 0.25) is 0 Å². The van der Waals surface area contributed by atoms with Crippen molar-refractivity contribution in [1.82, 2.24) is 24.2 Å². The predicted octanol–water partition coefficient (Wildman–Crippen LogP) is 2.79. The third-order valence-electron chi connectivity index (χ3n) is 6.78. The number of pyridine rings is 1. The standard InChI is InChI=1S/C26H31N5O3S/c1-29-17-22(15-27-29)31-16-20(3-6-21(18-32)30-11-13-35(33)14-12-30)24-9-10-25(28-26(24)31)19-4-7-23(34-2)8-5-19/h4-5,7-10,15-17,21,32H,3,6,11-14,18H2,1-2H3. The smallest absolute Gasteiger partial charge is 0.145 e. The van der Waals surface area contributed by atoms with Gasteiger partial charge in [-0.1, -0.05) is 0 Å². The Morgan fingerprint density at radius 2 is 1.89 bits per heavy atom. The van der Waals surface area contributed by atoms with Crippen LogP contribution < -0.4 is 4.74 Å². The van der Waals surface area contributed by atoms with Crippen molar-refractivity contribution in [3.05, 3.63) is 60.6 Å². The molecule has 3 aromatic heterocycles. The summed E-state index contributed by atoms with van der Waals surface area (Å²) in [4.78, 5) is 7.32. The molecule has 0 bridgehead atoms. The van der Waals surface area contributed by atoms with Gasteiger partial charge in [0, 0.05) is 71.8 Å². The van der Waals surface area contributed by atoms with Gasteiger partial charge in [0.1, 0.15) is 11.4 Å². The number of hydrogen-bond donors (Lipinski definition) is 1. The number of nitrogens with zero attached hydrogens (tertiary/aromatic N) is 5. The lowest BCUT2D eigenvalue weighted by Crippen LogP contribution is -2.46. The molecule has 184 valence electrons. The molecule has 1 fully saturated rings. The van der Waals surface area contributed by atoms with Crippen LogP contribution in [0.3, 0.4) is 0 Å². The van der Waals surface area contributed by atoms with E-state index in [2.05, 4.69) is 32.9 Å². The van der Waals surface area contributed by atoms with Gasteiger partial charge in [-0.25, -0.2) is 4.98 Å². The van der Waals surface area contributed by atoms with Gasteiger partial charge in [-0.3, -0.25) is 18.4 Å². The zero-order valence-electron chi connectivity index (χ0n) is 20.1. The fraction of sp³-hybridized carbons (Fsp3) is 0.385. The van der Waals surface area contributed by atoms with Crippen molar-refractivity contribution in [2.45, 2.75) is 18.9 Å². The summed E-state index contributed by atoms with van der Waals surface area (Å²) < 4.78 is 20.9. The Bertz CT molecular complexity index is 1320. The van der Waals surface area contributed by atoms with Crippen LogP contribution in [0.15, 0.2) is 55.0 Å². The number of aliphatic hydroxyl groups is 1. The monoisotopic (exact) mass is 493 g/mol. The lowest BCUT2D eigenvalue weighted by atomic mass is 10.0. The molecule has 9 heteroatoms. The second-order valence-electron chi connectivity index (χ2n) is 8.95. The van der Waals surface area contributed by atoms with Gasteiger partial charge in [0.15, 0.2) is 0 Å². The summed E-state index contributed by atoms with van der Waals surface area (Å²) in [5, 5.41) is 15.5. The normalized spacial score (nSPS) is 16.1. The maximum Gasteiger partial charge on any atom is 0.145 e. The number of fused-ring (bicyclic) bond motifs is 1. The first kappa shape index (κ1) is 23.7. The van der Waals surface area contributed by atoms with E-state index in [1.54, 1.807) is 11.8 Å². The third-order valence-corrected chi connectivity index (χ3v) is 8.05. The number of aromatic nitrogens is 4. The first-order chi connectivity index (χ1) is 17.1. The van der Waals surface area contributed by atoms with Crippen molar-refractivity contribution in [3.63, 3.8) is 0 Å². The molecular weight excluding hydrogens is 462 g/mol. The second-order valence-corrected chi connectivity index (χ2v) is 10.6. The SMILES string of the molecule is COc1ccc(-c2ccc3c(CCC(CO)N4CCS(=O)CC4)cn(-c4cnn(C)c4)c3n2)cc1. The quantitative estimate of drug-likeness (QED) is 0.406. The van der Waals surface area contributed by atoms with Gasteiger partial charge in [-0.2, -0.15) is 5.10 Å². The summed E-state index contributed by atoms with van der Waals surface area (Å²) in [6, 6.07) is 12.2. The van der Waals surface area contributed by atoms with Crippen molar-refractivity contribution < 1.29 is 14.1 Å². The van der Waals surface area contributed by atoms with Crippen LogP contribution in [0.25, 0.3) is 28.0 Å². The second kappa shape index (κ2) is 10.3. The average molecular weight is 494 g/mol. The summed E-state index contributed by atoms with van der Waals surface area (Å²) in [6.45, 7) is 1.66. The molecule has 0 aliphatic carbocycles. The van der Waals surface area contributed by atoms with Crippen LogP contribution in [0.4, 0.5) is 0 Å². The molecule has 0 spiro atoms. The molecule has 35 heavy (non-hydrogen) atoms. The highest BCUT2D eigenvalue weighted by Crippen LogP contribution is 2.29. The number of rotatable bonds is 8. The van der Waals surface area contributed by atoms with E-state index in [1.165, 1.54) is 5.56 Å². The molecule has 1 saturated heterocycles. The lowest BCUT2D eigenvalue weighted by Gasteiger charge is -2.33. The van der Waals surface area contributed by atoms with Crippen LogP contribution in [0.1, 0.15) is 12.0 Å². The summed E-state index contributed by atoms with van der Waals surface area (Å²) >= 11 is 0. The topological polar surface area (TPSA) is 85.4 Å². The molecule has 4 heterocycles. The largest absolute Gasteiger partial charge is 0.497 e. The zero-order valence-corrected chi connectivity index (χ0v) is 20.9. The maximum atomic E-state index is 11.7. The molecule has 1 aromatic carbocycles. The van der Waals surface area contributed by atoms with Gasteiger partial charge < -0.3 is 9.84 Å². The molecule has 0 saturated carbocycles. The van der Waals surface area contributed by atoms with Crippen molar-refractivity contribution in [2.75, 3.05) is 38.3 Å². The van der Waals surface area contributed by atoms with E-state index >= 15 is 0 Å². The van der Waals surface area contributed by atoms with E-state index in [0.717, 1.165) is 59.7 Å². The molecule has 1 aliphatic rings. The van der Waals surface area contributed by atoms with Crippen LogP contribution in [0, 0.1) is 0 Å². The number of aryl methyl sites for hydroxylation is 2. The molecule has 1 N–H and O–H groups in total. The Balaban J connectivity index is 1.47. The van der Waals surface area contributed by atoms with Gasteiger partial charge in [0.05, 0.1) is 31.3 Å². The number of methoxy groups -OCH3 is 1. The highest BCUT2D eigenvalue weighted by molar-refractivity contribution is 7.85. The maximum absolute atomic E-state index is 11.7. The van der Waals surface area contributed by atoms with Gasteiger partial charge in [0.25, 0.3) is 0 Å². The first-order valence-corrected chi connectivity index (χ1v) is 13.4. The molecular formula is C26H31N5O3S. The summed E-state index contributed by atoms with van der Waals surface area (Å²) in [5.41, 5.74) is 4.95. The van der Waals surface area contributed by atoms with Crippen LogP contribution in [-0.4, -0.2) is 77.9 Å². The summed E-state index contributed by atoms with van der Waals surface area (Å²) in [6.07, 6.45) is 7.62. The number of hydrogen-bond acceptors (Lipinski definition) is 6. The van der Waals surface area contributed by atoms with E-state index < -0.39 is 10.8 Å². The van der Waals surface area contributed by atoms with Crippen LogP contribution >= 0.6 is 0 Å². The molecule has 5 rings (SSSR count). The fourth-order valence-corrected chi connectivity index (χ4v) is 5.83. The van der Waals surface area contributed by atoms with Crippen molar-refractivity contribution >= 4 is 21.8 Å². The van der Waals surface area contributed by atoms with Crippen LogP contribution in [0.5, 0.6) is 5.75 Å². The summed E-state index contributed by atoms with van der Waals surface area (Å²) in [7, 11) is 2.84. The van der Waals surface area contributed by atoms with Crippen LogP contribution in [-0.2, 0) is 24.3 Å². The molecule has 8 nitrogen and oxygen atoms in total. The number of benzene rings is 1. The number of ether oxygens (including phenoxy) is 1. The molecule has 0 amide bonds. The Morgan fingerprint density at radius 3 is 2.54 bits per heavy atom. The van der Waals surface area contributed by atoms with E-state index in [1.807, 2.05) is 43.7 Å². The molecule has 0 radical (unpaired) electrons. The Hall–Kier alpha value is -3.01.